The van der Waals surface area contributed by atoms with E-state index >= 15 is 0 Å². The standard InChI is InChI=1S/C16H19N3O2/c1-4-21-14-7-5-13(6-8-14)18-16(20)19-15-10-11(2)9-12(3)17-15/h5-10H,4H2,1-3H3,(H2,17,18,19,20). The molecule has 21 heavy (non-hydrogen) atoms. The molecule has 0 aliphatic rings. The van der Waals surface area contributed by atoms with Gasteiger partial charge in [-0.3, -0.25) is 5.32 Å². The summed E-state index contributed by atoms with van der Waals surface area (Å²) in [6.45, 7) is 6.40. The van der Waals surface area contributed by atoms with E-state index in [0.29, 0.717) is 18.1 Å². The minimum Gasteiger partial charge on any atom is -0.494 e. The third-order valence-electron chi connectivity index (χ3n) is 2.76. The number of benzene rings is 1. The molecule has 0 spiro atoms. The van der Waals surface area contributed by atoms with E-state index in [0.717, 1.165) is 17.0 Å². The molecule has 0 saturated heterocycles. The first-order valence-corrected chi connectivity index (χ1v) is 6.83. The summed E-state index contributed by atoms with van der Waals surface area (Å²) in [5.74, 6) is 1.32. The summed E-state index contributed by atoms with van der Waals surface area (Å²) in [6.07, 6.45) is 0. The van der Waals surface area contributed by atoms with Crippen LogP contribution in [0.1, 0.15) is 18.2 Å². The van der Waals surface area contributed by atoms with Gasteiger partial charge in [-0.25, -0.2) is 9.78 Å². The number of nitrogens with one attached hydrogen (secondary N) is 2. The largest absolute Gasteiger partial charge is 0.494 e. The van der Waals surface area contributed by atoms with Gasteiger partial charge in [-0.15, -0.1) is 0 Å². The molecule has 2 amide bonds. The van der Waals surface area contributed by atoms with Gasteiger partial charge in [-0.2, -0.15) is 0 Å². The molecular weight excluding hydrogens is 266 g/mol. The Bertz CT molecular complexity index is 604. The molecule has 2 aromatic rings. The Morgan fingerprint density at radius 2 is 1.86 bits per heavy atom. The Morgan fingerprint density at radius 3 is 2.48 bits per heavy atom. The van der Waals surface area contributed by atoms with Crippen LogP contribution in [-0.2, 0) is 0 Å². The van der Waals surface area contributed by atoms with Crippen molar-refractivity contribution in [2.24, 2.45) is 0 Å². The lowest BCUT2D eigenvalue weighted by molar-refractivity contribution is 0.262. The predicted octanol–water partition coefficient (Wildman–Crippen LogP) is 3.74. The van der Waals surface area contributed by atoms with Crippen LogP contribution in [0.25, 0.3) is 0 Å². The van der Waals surface area contributed by atoms with Crippen molar-refractivity contribution in [3.63, 3.8) is 0 Å². The summed E-state index contributed by atoms with van der Waals surface area (Å²) in [5.41, 5.74) is 2.62. The molecule has 2 rings (SSSR count). The van der Waals surface area contributed by atoms with Crippen molar-refractivity contribution in [2.45, 2.75) is 20.8 Å². The van der Waals surface area contributed by atoms with E-state index in [1.165, 1.54) is 0 Å². The highest BCUT2D eigenvalue weighted by molar-refractivity contribution is 5.99. The van der Waals surface area contributed by atoms with Crippen molar-refractivity contribution >= 4 is 17.5 Å². The number of urea groups is 1. The van der Waals surface area contributed by atoms with E-state index in [1.54, 1.807) is 12.1 Å². The summed E-state index contributed by atoms with van der Waals surface area (Å²) in [4.78, 5) is 16.2. The fourth-order valence-corrected chi connectivity index (χ4v) is 1.99. The SMILES string of the molecule is CCOc1ccc(NC(=O)Nc2cc(C)cc(C)n2)cc1. The second-order valence-electron chi connectivity index (χ2n) is 4.71. The highest BCUT2D eigenvalue weighted by Gasteiger charge is 2.05. The first-order chi connectivity index (χ1) is 10.1. The average molecular weight is 285 g/mol. The first-order valence-electron chi connectivity index (χ1n) is 6.83. The zero-order valence-corrected chi connectivity index (χ0v) is 12.4. The van der Waals surface area contributed by atoms with E-state index in [4.69, 9.17) is 4.74 Å². The van der Waals surface area contributed by atoms with Gasteiger partial charge in [0.15, 0.2) is 0 Å². The fraction of sp³-hybridized carbons (Fsp3) is 0.250. The van der Waals surface area contributed by atoms with Crippen LogP contribution in [-0.4, -0.2) is 17.6 Å². The molecule has 0 aliphatic heterocycles. The smallest absolute Gasteiger partial charge is 0.324 e. The molecule has 1 aromatic carbocycles. The molecule has 0 bridgehead atoms. The van der Waals surface area contributed by atoms with Crippen LogP contribution in [0, 0.1) is 13.8 Å². The van der Waals surface area contributed by atoms with Gasteiger partial charge in [0.2, 0.25) is 0 Å². The van der Waals surface area contributed by atoms with Gasteiger partial charge < -0.3 is 10.1 Å². The lowest BCUT2D eigenvalue weighted by Gasteiger charge is -2.09. The van der Waals surface area contributed by atoms with E-state index < -0.39 is 0 Å². The molecule has 2 N–H and O–H groups in total. The molecule has 0 saturated carbocycles. The minimum absolute atomic E-state index is 0.323. The van der Waals surface area contributed by atoms with Crippen molar-refractivity contribution < 1.29 is 9.53 Å². The first kappa shape index (κ1) is 14.8. The van der Waals surface area contributed by atoms with Gasteiger partial charge >= 0.3 is 6.03 Å². The highest BCUT2D eigenvalue weighted by atomic mass is 16.5. The Morgan fingerprint density at radius 1 is 1.14 bits per heavy atom. The molecule has 0 aliphatic carbocycles. The molecule has 0 unspecified atom stereocenters. The normalized spacial score (nSPS) is 10.0. The number of rotatable bonds is 4. The van der Waals surface area contributed by atoms with Gasteiger partial charge in [-0.1, -0.05) is 0 Å². The number of aromatic nitrogens is 1. The molecule has 5 nitrogen and oxygen atoms in total. The molecule has 0 radical (unpaired) electrons. The maximum Gasteiger partial charge on any atom is 0.324 e. The van der Waals surface area contributed by atoms with E-state index in [1.807, 2.05) is 45.0 Å². The average Bonchev–Trinajstić information content (AvgIpc) is 2.40. The second kappa shape index (κ2) is 6.74. The van der Waals surface area contributed by atoms with Crippen LogP contribution in [0.3, 0.4) is 0 Å². The minimum atomic E-state index is -0.323. The van der Waals surface area contributed by atoms with Crippen molar-refractivity contribution in [1.29, 1.82) is 0 Å². The Hall–Kier alpha value is -2.56. The van der Waals surface area contributed by atoms with Crippen LogP contribution in [0.2, 0.25) is 0 Å². The van der Waals surface area contributed by atoms with Crippen LogP contribution < -0.4 is 15.4 Å². The zero-order valence-electron chi connectivity index (χ0n) is 12.4. The van der Waals surface area contributed by atoms with Gasteiger partial charge in [0.25, 0.3) is 0 Å². The molecule has 1 heterocycles. The molecule has 110 valence electrons. The molecule has 1 aromatic heterocycles. The summed E-state index contributed by atoms with van der Waals surface area (Å²) >= 11 is 0. The quantitative estimate of drug-likeness (QED) is 0.899. The lowest BCUT2D eigenvalue weighted by Crippen LogP contribution is -2.20. The molecular formula is C16H19N3O2. The van der Waals surface area contributed by atoms with E-state index in [-0.39, 0.29) is 6.03 Å². The van der Waals surface area contributed by atoms with E-state index in [2.05, 4.69) is 15.6 Å². The summed E-state index contributed by atoms with van der Waals surface area (Å²) < 4.78 is 5.35. The highest BCUT2D eigenvalue weighted by Crippen LogP contribution is 2.16. The lowest BCUT2D eigenvalue weighted by atomic mass is 10.2. The number of hydrogen-bond donors (Lipinski definition) is 2. The zero-order chi connectivity index (χ0) is 15.2. The van der Waals surface area contributed by atoms with E-state index in [9.17, 15) is 4.79 Å². The molecule has 5 heteroatoms. The van der Waals surface area contributed by atoms with Crippen LogP contribution in [0.4, 0.5) is 16.3 Å². The Labute approximate surface area is 124 Å². The number of nitrogens with zero attached hydrogens (tertiary/aromatic N) is 1. The third kappa shape index (κ3) is 4.49. The van der Waals surface area contributed by atoms with Gasteiger partial charge in [0.1, 0.15) is 11.6 Å². The van der Waals surface area contributed by atoms with Crippen molar-refractivity contribution in [2.75, 3.05) is 17.2 Å². The number of carbonyl (C=O) groups is 1. The number of aryl methyl sites for hydroxylation is 2. The maximum absolute atomic E-state index is 11.9. The monoisotopic (exact) mass is 285 g/mol. The maximum atomic E-state index is 11.9. The number of pyridine rings is 1. The Kier molecular flexibility index (Phi) is 4.77. The predicted molar refractivity (Wildman–Crippen MR) is 84.0 cm³/mol. The summed E-state index contributed by atoms with van der Waals surface area (Å²) in [7, 11) is 0. The third-order valence-corrected chi connectivity index (χ3v) is 2.76. The Balaban J connectivity index is 1.97. The second-order valence-corrected chi connectivity index (χ2v) is 4.71. The van der Waals surface area contributed by atoms with Crippen LogP contribution >= 0.6 is 0 Å². The van der Waals surface area contributed by atoms with Gasteiger partial charge in [0.05, 0.1) is 6.61 Å². The topological polar surface area (TPSA) is 63.2 Å². The summed E-state index contributed by atoms with van der Waals surface area (Å²) in [5, 5.41) is 5.47. The van der Waals surface area contributed by atoms with Crippen LogP contribution in [0.5, 0.6) is 5.75 Å². The number of carbonyl (C=O) groups excluding carboxylic acids is 1. The van der Waals surface area contributed by atoms with Crippen molar-refractivity contribution in [3.8, 4) is 5.75 Å². The number of amides is 2. The number of anilines is 2. The molecule has 0 fully saturated rings. The summed E-state index contributed by atoms with van der Waals surface area (Å²) in [6, 6.07) is 10.7. The molecule has 0 atom stereocenters. The number of ether oxygens (including phenoxy) is 1. The van der Waals surface area contributed by atoms with Gasteiger partial charge in [-0.05, 0) is 62.7 Å². The van der Waals surface area contributed by atoms with Crippen molar-refractivity contribution in [1.82, 2.24) is 4.98 Å². The number of hydrogen-bond acceptors (Lipinski definition) is 3. The fourth-order valence-electron chi connectivity index (χ4n) is 1.99. The van der Waals surface area contributed by atoms with Crippen LogP contribution in [0.15, 0.2) is 36.4 Å². The van der Waals surface area contributed by atoms with Crippen molar-refractivity contribution in [3.05, 3.63) is 47.7 Å². The van der Waals surface area contributed by atoms with Gasteiger partial charge in [0, 0.05) is 11.4 Å².